The monoisotopic (exact) mass is 172 g/mol. The first kappa shape index (κ1) is 7.60. The fourth-order valence-corrected chi connectivity index (χ4v) is 0.815. The van der Waals surface area contributed by atoms with Crippen molar-refractivity contribution >= 4 is 11.6 Å². The molecule has 0 spiro atoms. The molecule has 63 valence electrons. The molecule has 2 aromatic heterocycles. The molecule has 0 aliphatic rings. The average Bonchev–Trinajstić information content (AvgIpc) is 2.21. The Morgan fingerprint density at radius 3 is 1.69 bits per heavy atom. The summed E-state index contributed by atoms with van der Waals surface area (Å²) < 4.78 is 0. The van der Waals surface area contributed by atoms with Crippen molar-refractivity contribution in [2.45, 2.75) is 0 Å². The number of nitrogens with zero attached hydrogens (tertiary/aromatic N) is 5. The molecule has 0 atom stereocenters. The lowest BCUT2D eigenvalue weighted by molar-refractivity contribution is 1.00. The Balaban J connectivity index is 2.16. The number of hydrogen-bond acceptors (Lipinski definition) is 4. The average molecular weight is 172 g/mol. The van der Waals surface area contributed by atoms with Crippen molar-refractivity contribution < 1.29 is 0 Å². The summed E-state index contributed by atoms with van der Waals surface area (Å²) >= 11 is 0. The summed E-state index contributed by atoms with van der Waals surface area (Å²) in [5, 5.41) is 4.09. The fourth-order valence-electron chi connectivity index (χ4n) is 0.815. The van der Waals surface area contributed by atoms with Crippen LogP contribution in [0.15, 0.2) is 37.2 Å². The molecule has 0 amide bonds. The van der Waals surface area contributed by atoms with Gasteiger partial charge in [0.1, 0.15) is 0 Å². The Morgan fingerprint density at radius 1 is 0.769 bits per heavy atom. The Bertz CT molecular complexity index is 323. The van der Waals surface area contributed by atoms with Crippen LogP contribution in [0.5, 0.6) is 0 Å². The van der Waals surface area contributed by atoms with Crippen molar-refractivity contribution in [3.63, 3.8) is 0 Å². The maximum atomic E-state index is 4.09. The van der Waals surface area contributed by atoms with E-state index >= 15 is 0 Å². The molecule has 1 radical (unpaired) electrons. The summed E-state index contributed by atoms with van der Waals surface area (Å²) in [6.07, 6.45) is 9.47. The molecular formula is C8H6N5. The maximum Gasteiger partial charge on any atom is 0.172 e. The largest absolute Gasteiger partial charge is 0.259 e. The summed E-state index contributed by atoms with van der Waals surface area (Å²) in [5.74, 6) is 1.06. The predicted molar refractivity (Wildman–Crippen MR) is 45.5 cm³/mol. The summed E-state index contributed by atoms with van der Waals surface area (Å²) in [6.45, 7) is 0. The van der Waals surface area contributed by atoms with Gasteiger partial charge in [-0.2, -0.15) is 0 Å². The van der Waals surface area contributed by atoms with Crippen LogP contribution in [-0.2, 0) is 0 Å². The van der Waals surface area contributed by atoms with Gasteiger partial charge in [-0.1, -0.05) is 0 Å². The van der Waals surface area contributed by atoms with Crippen LogP contribution < -0.4 is 5.32 Å². The molecule has 5 heteroatoms. The summed E-state index contributed by atoms with van der Waals surface area (Å²) in [5.41, 5.74) is 0. The Labute approximate surface area is 74.9 Å². The molecule has 2 rings (SSSR count). The van der Waals surface area contributed by atoms with Crippen molar-refractivity contribution in [3.05, 3.63) is 37.2 Å². The Hall–Kier alpha value is -2.04. The van der Waals surface area contributed by atoms with Crippen LogP contribution in [0.25, 0.3) is 0 Å². The van der Waals surface area contributed by atoms with Gasteiger partial charge in [-0.05, 0) is 0 Å². The van der Waals surface area contributed by atoms with E-state index in [1.165, 1.54) is 0 Å². The molecule has 0 aromatic carbocycles. The minimum absolute atomic E-state index is 0.531. The number of hydrogen-bond donors (Lipinski definition) is 0. The van der Waals surface area contributed by atoms with Gasteiger partial charge in [0.2, 0.25) is 0 Å². The lowest BCUT2D eigenvalue weighted by atomic mass is 10.6. The zero-order valence-electron chi connectivity index (χ0n) is 6.70. The lowest BCUT2D eigenvalue weighted by Crippen LogP contribution is -1.94. The van der Waals surface area contributed by atoms with E-state index < -0.39 is 0 Å². The lowest BCUT2D eigenvalue weighted by Gasteiger charge is -1.97. The van der Waals surface area contributed by atoms with Crippen molar-refractivity contribution in [3.8, 4) is 0 Å². The third kappa shape index (κ3) is 1.96. The molecule has 0 aliphatic heterocycles. The normalized spacial score (nSPS) is 9.54. The molecular weight excluding hydrogens is 166 g/mol. The van der Waals surface area contributed by atoms with Gasteiger partial charge in [0, 0.05) is 24.8 Å². The van der Waals surface area contributed by atoms with Gasteiger partial charge in [0.05, 0.1) is 12.4 Å². The highest BCUT2D eigenvalue weighted by Crippen LogP contribution is 2.06. The first-order valence-corrected chi connectivity index (χ1v) is 3.69. The molecule has 0 bridgehead atoms. The van der Waals surface area contributed by atoms with E-state index in [9.17, 15) is 0 Å². The zero-order chi connectivity index (χ0) is 8.93. The van der Waals surface area contributed by atoms with Crippen LogP contribution in [0.4, 0.5) is 11.6 Å². The van der Waals surface area contributed by atoms with E-state index in [0.717, 1.165) is 0 Å². The van der Waals surface area contributed by atoms with Crippen LogP contribution in [0.3, 0.4) is 0 Å². The molecule has 0 saturated heterocycles. The van der Waals surface area contributed by atoms with Gasteiger partial charge < -0.3 is 0 Å². The number of aromatic nitrogens is 4. The third-order valence-corrected chi connectivity index (χ3v) is 1.33. The first-order valence-electron chi connectivity index (χ1n) is 3.69. The van der Waals surface area contributed by atoms with Gasteiger partial charge in [0.25, 0.3) is 0 Å². The smallest absolute Gasteiger partial charge is 0.172 e. The third-order valence-electron chi connectivity index (χ3n) is 1.33. The molecule has 0 fully saturated rings. The van der Waals surface area contributed by atoms with E-state index in [1.54, 1.807) is 37.2 Å². The predicted octanol–water partition coefficient (Wildman–Crippen LogP) is 0.834. The van der Waals surface area contributed by atoms with Crippen molar-refractivity contribution in [1.29, 1.82) is 0 Å². The molecule has 0 saturated carbocycles. The van der Waals surface area contributed by atoms with Crippen LogP contribution in [0.1, 0.15) is 0 Å². The van der Waals surface area contributed by atoms with Crippen molar-refractivity contribution in [2.24, 2.45) is 0 Å². The van der Waals surface area contributed by atoms with E-state index in [-0.39, 0.29) is 0 Å². The topological polar surface area (TPSA) is 65.7 Å². The van der Waals surface area contributed by atoms with Gasteiger partial charge in [-0.25, -0.2) is 15.3 Å². The van der Waals surface area contributed by atoms with E-state index in [0.29, 0.717) is 11.6 Å². The second-order valence-electron chi connectivity index (χ2n) is 2.24. The van der Waals surface area contributed by atoms with E-state index in [4.69, 9.17) is 0 Å². The van der Waals surface area contributed by atoms with Gasteiger partial charge in [-0.3, -0.25) is 9.97 Å². The Kier molecular flexibility index (Phi) is 2.09. The highest BCUT2D eigenvalue weighted by Gasteiger charge is 1.97. The quantitative estimate of drug-likeness (QED) is 0.673. The molecule has 2 heterocycles. The van der Waals surface area contributed by atoms with Crippen molar-refractivity contribution in [2.75, 3.05) is 0 Å². The van der Waals surface area contributed by atoms with Crippen LogP contribution in [0, 0.1) is 0 Å². The molecule has 0 aliphatic carbocycles. The van der Waals surface area contributed by atoms with Crippen LogP contribution in [-0.4, -0.2) is 19.9 Å². The van der Waals surface area contributed by atoms with Crippen LogP contribution in [0.2, 0.25) is 0 Å². The minimum Gasteiger partial charge on any atom is -0.259 e. The highest BCUT2D eigenvalue weighted by atomic mass is 15.1. The molecule has 2 aromatic rings. The van der Waals surface area contributed by atoms with Crippen LogP contribution >= 0.6 is 0 Å². The second kappa shape index (κ2) is 3.57. The summed E-state index contributed by atoms with van der Waals surface area (Å²) in [7, 11) is 0. The Morgan fingerprint density at radius 2 is 1.31 bits per heavy atom. The standard InChI is InChI=1S/C8H6N5/c1-3-11-7(5-9-1)13-8-6-10-2-4-12-8/h1-6H. The van der Waals surface area contributed by atoms with Gasteiger partial charge in [0.15, 0.2) is 11.6 Å². The SMILES string of the molecule is c1cnc([N]c2cnccn2)cn1. The summed E-state index contributed by atoms with van der Waals surface area (Å²) in [6, 6.07) is 0. The van der Waals surface area contributed by atoms with Gasteiger partial charge in [-0.15, -0.1) is 0 Å². The fraction of sp³-hybridized carbons (Fsp3) is 0. The first-order chi connectivity index (χ1) is 6.45. The highest BCUT2D eigenvalue weighted by molar-refractivity contribution is 5.34. The minimum atomic E-state index is 0.531. The number of rotatable bonds is 2. The molecule has 13 heavy (non-hydrogen) atoms. The zero-order valence-corrected chi connectivity index (χ0v) is 6.70. The second-order valence-corrected chi connectivity index (χ2v) is 2.24. The molecule has 0 N–H and O–H groups in total. The van der Waals surface area contributed by atoms with E-state index in [1.807, 2.05) is 0 Å². The molecule has 0 unspecified atom stereocenters. The molecule has 5 nitrogen and oxygen atoms in total. The van der Waals surface area contributed by atoms with Gasteiger partial charge >= 0.3 is 0 Å². The van der Waals surface area contributed by atoms with Crippen molar-refractivity contribution in [1.82, 2.24) is 25.3 Å². The summed E-state index contributed by atoms with van der Waals surface area (Å²) in [4.78, 5) is 15.7. The maximum absolute atomic E-state index is 4.09. The van der Waals surface area contributed by atoms with E-state index in [2.05, 4.69) is 25.3 Å².